The van der Waals surface area contributed by atoms with Crippen LogP contribution in [-0.4, -0.2) is 59.2 Å². The molecular formula is C29H38N4O7. The molecule has 0 saturated carbocycles. The molecule has 1 aromatic rings. The van der Waals surface area contributed by atoms with Gasteiger partial charge in [0.25, 0.3) is 5.91 Å². The Hall–Kier alpha value is -3.81. The lowest BCUT2D eigenvalue weighted by atomic mass is 9.68. The number of hydrogen-bond acceptors (Lipinski definition) is 8. The lowest BCUT2D eigenvalue weighted by Gasteiger charge is -2.46. The van der Waals surface area contributed by atoms with Crippen LogP contribution in [0.1, 0.15) is 94.3 Å². The SMILES string of the molecule is CC(C)(C)OC(=O)CCC(C(N)=O)C1CC2(CCN1C(=O)OC(C)(C)C)COc1c2cc(C#N)c2c1CNC2=O. The van der Waals surface area contributed by atoms with Gasteiger partial charge in [-0.1, -0.05) is 0 Å². The number of nitrogens with one attached hydrogen (secondary N) is 1. The fourth-order valence-corrected chi connectivity index (χ4v) is 5.93. The molecule has 4 rings (SSSR count). The third-order valence-electron chi connectivity index (χ3n) is 7.58. The molecule has 1 saturated heterocycles. The first-order chi connectivity index (χ1) is 18.5. The molecule has 0 bridgehead atoms. The number of piperidine rings is 1. The molecule has 3 atom stereocenters. The Bertz CT molecular complexity index is 1290. The van der Waals surface area contributed by atoms with Gasteiger partial charge in [0.15, 0.2) is 0 Å². The maximum Gasteiger partial charge on any atom is 0.410 e. The Labute approximate surface area is 234 Å². The van der Waals surface area contributed by atoms with E-state index in [0.29, 0.717) is 29.7 Å². The quantitative estimate of drug-likeness (QED) is 0.525. The van der Waals surface area contributed by atoms with Gasteiger partial charge in [0.2, 0.25) is 5.91 Å². The molecule has 3 N–H and O–H groups in total. The van der Waals surface area contributed by atoms with Gasteiger partial charge < -0.3 is 30.2 Å². The Morgan fingerprint density at radius 2 is 1.90 bits per heavy atom. The van der Waals surface area contributed by atoms with E-state index in [9.17, 15) is 24.4 Å². The lowest BCUT2D eigenvalue weighted by Crippen LogP contribution is -2.57. The summed E-state index contributed by atoms with van der Waals surface area (Å²) in [6.45, 7) is 11.3. The van der Waals surface area contributed by atoms with Crippen molar-refractivity contribution in [2.75, 3.05) is 13.2 Å². The van der Waals surface area contributed by atoms with Crippen molar-refractivity contribution in [3.8, 4) is 11.8 Å². The van der Waals surface area contributed by atoms with E-state index in [1.165, 1.54) is 4.90 Å². The molecule has 3 unspecified atom stereocenters. The first kappa shape index (κ1) is 29.2. The number of likely N-dealkylation sites (tertiary alicyclic amines) is 1. The summed E-state index contributed by atoms with van der Waals surface area (Å²) >= 11 is 0. The summed E-state index contributed by atoms with van der Waals surface area (Å²) in [7, 11) is 0. The van der Waals surface area contributed by atoms with Crippen LogP contribution in [0.4, 0.5) is 4.79 Å². The van der Waals surface area contributed by atoms with Crippen molar-refractivity contribution in [1.82, 2.24) is 10.2 Å². The van der Waals surface area contributed by atoms with Gasteiger partial charge in [0, 0.05) is 42.1 Å². The van der Waals surface area contributed by atoms with Crippen molar-refractivity contribution < 1.29 is 33.4 Å². The second-order valence-electron chi connectivity index (χ2n) is 12.8. The minimum Gasteiger partial charge on any atom is -0.492 e. The van der Waals surface area contributed by atoms with Gasteiger partial charge in [-0.05, 0) is 66.9 Å². The summed E-state index contributed by atoms with van der Waals surface area (Å²) in [5.74, 6) is -1.71. The average Bonchev–Trinajstić information content (AvgIpc) is 3.37. The predicted octanol–water partition coefficient (Wildman–Crippen LogP) is 3.05. The van der Waals surface area contributed by atoms with Crippen LogP contribution in [0, 0.1) is 17.2 Å². The Balaban J connectivity index is 1.71. The first-order valence-corrected chi connectivity index (χ1v) is 13.6. The fourth-order valence-electron chi connectivity index (χ4n) is 5.93. The largest absolute Gasteiger partial charge is 0.492 e. The smallest absolute Gasteiger partial charge is 0.410 e. The minimum atomic E-state index is -0.866. The molecule has 11 heteroatoms. The minimum absolute atomic E-state index is 0.0521. The van der Waals surface area contributed by atoms with Crippen molar-refractivity contribution in [1.29, 1.82) is 5.26 Å². The molecule has 40 heavy (non-hydrogen) atoms. The maximum atomic E-state index is 13.4. The highest BCUT2D eigenvalue weighted by Crippen LogP contribution is 2.51. The third-order valence-corrected chi connectivity index (χ3v) is 7.58. The monoisotopic (exact) mass is 554 g/mol. The van der Waals surface area contributed by atoms with Gasteiger partial charge in [-0.15, -0.1) is 0 Å². The summed E-state index contributed by atoms with van der Waals surface area (Å²) in [6.07, 6.45) is 0.245. The molecule has 11 nitrogen and oxygen atoms in total. The van der Waals surface area contributed by atoms with Crippen LogP contribution in [0.15, 0.2) is 6.07 Å². The van der Waals surface area contributed by atoms with Gasteiger partial charge in [-0.3, -0.25) is 14.4 Å². The number of hydrogen-bond donors (Lipinski definition) is 2. The number of amides is 3. The standard InChI is InChI=1S/C29H38N4O7/c1-27(2,3)39-21(34)8-7-17(24(31)35)20-12-29(9-10-33(20)26(37)40-28(4,5)6)15-38-23-18-14-32-25(36)22(18)16(13-30)11-19(23)29/h11,17,20H,7-10,12,14-15H2,1-6H3,(H2,31,35)(H,32,36). The lowest BCUT2D eigenvalue weighted by molar-refractivity contribution is -0.155. The van der Waals surface area contributed by atoms with Crippen molar-refractivity contribution in [3.63, 3.8) is 0 Å². The van der Waals surface area contributed by atoms with Gasteiger partial charge in [0.1, 0.15) is 17.0 Å². The van der Waals surface area contributed by atoms with Gasteiger partial charge in [0.05, 0.1) is 29.7 Å². The Morgan fingerprint density at radius 1 is 1.23 bits per heavy atom. The zero-order chi connectivity index (χ0) is 29.6. The molecule has 1 spiro atoms. The number of nitrogens with two attached hydrogens (primary N) is 1. The first-order valence-electron chi connectivity index (χ1n) is 13.6. The number of carbonyl (C=O) groups is 4. The molecule has 3 amide bonds. The summed E-state index contributed by atoms with van der Waals surface area (Å²) < 4.78 is 17.3. The van der Waals surface area contributed by atoms with Crippen LogP contribution in [0.3, 0.4) is 0 Å². The van der Waals surface area contributed by atoms with Crippen LogP contribution < -0.4 is 15.8 Å². The summed E-state index contributed by atoms with van der Waals surface area (Å²) in [4.78, 5) is 52.7. The van der Waals surface area contributed by atoms with E-state index in [-0.39, 0.29) is 44.0 Å². The van der Waals surface area contributed by atoms with Gasteiger partial charge >= 0.3 is 12.1 Å². The molecule has 3 aliphatic heterocycles. The third kappa shape index (κ3) is 5.71. The predicted molar refractivity (Wildman–Crippen MR) is 143 cm³/mol. The Morgan fingerprint density at radius 3 is 2.50 bits per heavy atom. The number of ether oxygens (including phenoxy) is 3. The molecule has 1 aromatic carbocycles. The summed E-state index contributed by atoms with van der Waals surface area (Å²) in [5.41, 5.74) is 5.84. The summed E-state index contributed by atoms with van der Waals surface area (Å²) in [5, 5.41) is 12.6. The van der Waals surface area contributed by atoms with E-state index < -0.39 is 46.5 Å². The normalized spacial score (nSPS) is 22.5. The van der Waals surface area contributed by atoms with E-state index in [1.807, 2.05) is 0 Å². The number of nitriles is 1. The molecule has 216 valence electrons. The number of esters is 1. The number of fused-ring (bicyclic) bond motifs is 4. The van der Waals surface area contributed by atoms with E-state index in [0.717, 1.165) is 5.56 Å². The van der Waals surface area contributed by atoms with Crippen LogP contribution in [-0.2, 0) is 31.0 Å². The highest BCUT2D eigenvalue weighted by Gasteiger charge is 2.52. The van der Waals surface area contributed by atoms with Crippen molar-refractivity contribution >= 4 is 23.9 Å². The van der Waals surface area contributed by atoms with E-state index in [2.05, 4.69) is 11.4 Å². The van der Waals surface area contributed by atoms with Crippen LogP contribution in [0.25, 0.3) is 0 Å². The molecule has 0 aromatic heterocycles. The van der Waals surface area contributed by atoms with Crippen LogP contribution in [0.5, 0.6) is 5.75 Å². The van der Waals surface area contributed by atoms with E-state index >= 15 is 0 Å². The number of benzene rings is 1. The highest BCUT2D eigenvalue weighted by atomic mass is 16.6. The maximum absolute atomic E-state index is 13.4. The van der Waals surface area contributed by atoms with Crippen molar-refractivity contribution in [2.45, 2.75) is 96.4 Å². The second kappa shape index (κ2) is 10.3. The van der Waals surface area contributed by atoms with E-state index in [4.69, 9.17) is 19.9 Å². The van der Waals surface area contributed by atoms with Crippen molar-refractivity contribution in [2.24, 2.45) is 11.7 Å². The highest BCUT2D eigenvalue weighted by molar-refractivity contribution is 6.02. The molecular weight excluding hydrogens is 516 g/mol. The topological polar surface area (TPSA) is 161 Å². The molecule has 0 aliphatic carbocycles. The molecule has 3 aliphatic rings. The second-order valence-corrected chi connectivity index (χ2v) is 12.8. The number of carbonyl (C=O) groups excluding carboxylic acids is 4. The zero-order valence-electron chi connectivity index (χ0n) is 24.0. The zero-order valence-corrected chi connectivity index (χ0v) is 24.0. The van der Waals surface area contributed by atoms with Crippen LogP contribution in [0.2, 0.25) is 0 Å². The Kier molecular flexibility index (Phi) is 7.52. The summed E-state index contributed by atoms with van der Waals surface area (Å²) in [6, 6.07) is 3.14. The molecule has 1 fully saturated rings. The molecule has 3 heterocycles. The van der Waals surface area contributed by atoms with Crippen LogP contribution >= 0.6 is 0 Å². The van der Waals surface area contributed by atoms with Gasteiger partial charge in [-0.2, -0.15) is 5.26 Å². The number of primary amides is 1. The number of nitrogens with zero attached hydrogens (tertiary/aromatic N) is 2. The average molecular weight is 555 g/mol. The fraction of sp³-hybridized carbons (Fsp3) is 0.621. The van der Waals surface area contributed by atoms with Crippen molar-refractivity contribution in [3.05, 3.63) is 28.3 Å². The number of rotatable bonds is 5. The van der Waals surface area contributed by atoms with Gasteiger partial charge in [-0.25, -0.2) is 4.79 Å². The molecule has 0 radical (unpaired) electrons. The van der Waals surface area contributed by atoms with E-state index in [1.54, 1.807) is 47.6 Å².